The summed E-state index contributed by atoms with van der Waals surface area (Å²) in [5.74, 6) is -2.47. The molecular formula is C11H17NO4S. The quantitative estimate of drug-likeness (QED) is 0.467. The highest BCUT2D eigenvalue weighted by Crippen LogP contribution is 2.26. The van der Waals surface area contributed by atoms with Crippen molar-refractivity contribution in [1.29, 1.82) is 0 Å². The fourth-order valence-electron chi connectivity index (χ4n) is 1.34. The van der Waals surface area contributed by atoms with Crippen LogP contribution in [0.2, 0.25) is 0 Å². The topological polar surface area (TPSA) is 64.6 Å². The molecular weight excluding hydrogens is 242 g/mol. The Hall–Kier alpha value is -1.17. The van der Waals surface area contributed by atoms with E-state index in [1.54, 1.807) is 6.26 Å². The Bertz CT molecular complexity index is 340. The average Bonchev–Trinajstić information content (AvgIpc) is 2.20. The zero-order valence-corrected chi connectivity index (χ0v) is 11.3. The van der Waals surface area contributed by atoms with Crippen molar-refractivity contribution in [2.45, 2.75) is 33.0 Å². The molecule has 1 N–H and O–H groups in total. The van der Waals surface area contributed by atoms with Gasteiger partial charge in [0.25, 0.3) is 5.79 Å². The number of esters is 2. The van der Waals surface area contributed by atoms with Gasteiger partial charge in [0.2, 0.25) is 0 Å². The monoisotopic (exact) mass is 259 g/mol. The zero-order valence-electron chi connectivity index (χ0n) is 10.5. The van der Waals surface area contributed by atoms with E-state index in [1.165, 1.54) is 25.6 Å². The smallest absolute Gasteiger partial charge is 0.351 e. The Balaban J connectivity index is 2.98. The van der Waals surface area contributed by atoms with Crippen molar-refractivity contribution in [2.24, 2.45) is 0 Å². The molecule has 5 nitrogen and oxygen atoms in total. The molecule has 1 rings (SSSR count). The predicted molar refractivity (Wildman–Crippen MR) is 65.1 cm³/mol. The third kappa shape index (κ3) is 3.39. The van der Waals surface area contributed by atoms with Crippen LogP contribution in [-0.2, 0) is 19.1 Å². The normalized spacial score (nSPS) is 18.5. The highest BCUT2D eigenvalue weighted by molar-refractivity contribution is 8.02. The summed E-state index contributed by atoms with van der Waals surface area (Å²) in [5.41, 5.74) is -0.0507. The molecule has 17 heavy (non-hydrogen) atoms. The van der Waals surface area contributed by atoms with E-state index in [-0.39, 0.29) is 5.57 Å². The number of ether oxygens (including phenoxy) is 2. The first-order chi connectivity index (χ1) is 7.91. The van der Waals surface area contributed by atoms with Gasteiger partial charge in [-0.15, -0.1) is 11.8 Å². The third-order valence-electron chi connectivity index (χ3n) is 2.05. The molecule has 0 aliphatic carbocycles. The van der Waals surface area contributed by atoms with Crippen molar-refractivity contribution >= 4 is 23.7 Å². The van der Waals surface area contributed by atoms with Gasteiger partial charge in [-0.3, -0.25) is 0 Å². The molecule has 0 aromatic heterocycles. The summed E-state index contributed by atoms with van der Waals surface area (Å²) >= 11 is 1.29. The predicted octanol–water partition coefficient (Wildman–Crippen LogP) is 1.40. The second-order valence-electron chi connectivity index (χ2n) is 4.01. The van der Waals surface area contributed by atoms with E-state index in [2.05, 4.69) is 5.32 Å². The molecule has 0 amide bonds. The van der Waals surface area contributed by atoms with E-state index >= 15 is 0 Å². The number of carbonyl (C=O) groups excluding carboxylic acids is 2. The molecule has 0 spiro atoms. The van der Waals surface area contributed by atoms with Crippen LogP contribution in [0.5, 0.6) is 0 Å². The van der Waals surface area contributed by atoms with Gasteiger partial charge in [0, 0.05) is 20.4 Å². The Morgan fingerprint density at radius 3 is 2.24 bits per heavy atom. The molecule has 1 aliphatic heterocycles. The Kier molecular flexibility index (Phi) is 4.45. The van der Waals surface area contributed by atoms with Gasteiger partial charge in [-0.1, -0.05) is 6.92 Å². The molecule has 6 heteroatoms. The van der Waals surface area contributed by atoms with Crippen molar-refractivity contribution in [1.82, 2.24) is 5.32 Å². The molecule has 1 aliphatic rings. The summed E-state index contributed by atoms with van der Waals surface area (Å²) in [7, 11) is 0. The number of carbonyl (C=O) groups is 2. The van der Waals surface area contributed by atoms with E-state index in [4.69, 9.17) is 9.47 Å². The maximum absolute atomic E-state index is 11.7. The summed E-state index contributed by atoms with van der Waals surface area (Å²) in [5, 5.41) is 3.52. The van der Waals surface area contributed by atoms with Gasteiger partial charge in [-0.25, -0.2) is 9.59 Å². The number of rotatable bonds is 4. The minimum Gasteiger partial charge on any atom is -0.419 e. The lowest BCUT2D eigenvalue weighted by atomic mass is 10.2. The maximum atomic E-state index is 11.7. The number of thioether (sulfide) groups is 1. The van der Waals surface area contributed by atoms with E-state index in [1.807, 2.05) is 6.92 Å². The summed E-state index contributed by atoms with van der Waals surface area (Å²) < 4.78 is 10.1. The van der Waals surface area contributed by atoms with Crippen LogP contribution in [0.15, 0.2) is 10.6 Å². The first-order valence-corrected chi connectivity index (χ1v) is 6.62. The number of hydrogen-bond acceptors (Lipinski definition) is 6. The number of cyclic esters (lactones) is 2. The number of nitrogens with one attached hydrogen (secondary N) is 1. The SMILES string of the molecule is CCCNC(SC)=C1C(=O)OC(C)(C)OC1=O. The highest BCUT2D eigenvalue weighted by Gasteiger charge is 2.40. The molecule has 0 radical (unpaired) electrons. The van der Waals surface area contributed by atoms with E-state index in [0.29, 0.717) is 11.6 Å². The first kappa shape index (κ1) is 13.9. The van der Waals surface area contributed by atoms with Crippen LogP contribution in [0.1, 0.15) is 27.2 Å². The largest absolute Gasteiger partial charge is 0.419 e. The van der Waals surface area contributed by atoms with Crippen LogP contribution in [0.3, 0.4) is 0 Å². The van der Waals surface area contributed by atoms with Crippen molar-refractivity contribution in [3.63, 3.8) is 0 Å². The second kappa shape index (κ2) is 5.44. The molecule has 1 heterocycles. The standard InChI is InChI=1S/C11H17NO4S/c1-5-6-12-8(17-4)7-9(13)15-11(2,3)16-10(7)14/h12H,5-6H2,1-4H3. The van der Waals surface area contributed by atoms with Crippen molar-refractivity contribution in [3.8, 4) is 0 Å². The molecule has 1 saturated heterocycles. The fourth-order valence-corrected chi connectivity index (χ4v) is 1.96. The molecule has 0 aromatic rings. The van der Waals surface area contributed by atoms with Gasteiger partial charge in [0.05, 0.1) is 5.03 Å². The lowest BCUT2D eigenvalue weighted by Crippen LogP contribution is -2.43. The Morgan fingerprint density at radius 2 is 1.82 bits per heavy atom. The van der Waals surface area contributed by atoms with Crippen molar-refractivity contribution < 1.29 is 19.1 Å². The third-order valence-corrected chi connectivity index (χ3v) is 2.81. The molecule has 0 saturated carbocycles. The van der Waals surface area contributed by atoms with Crippen LogP contribution >= 0.6 is 11.8 Å². The minimum atomic E-state index is -1.19. The first-order valence-electron chi connectivity index (χ1n) is 5.40. The number of hydrogen-bond donors (Lipinski definition) is 1. The minimum absolute atomic E-state index is 0.0507. The van der Waals surface area contributed by atoms with E-state index < -0.39 is 17.7 Å². The van der Waals surface area contributed by atoms with Crippen LogP contribution in [0.4, 0.5) is 0 Å². The van der Waals surface area contributed by atoms with Crippen LogP contribution < -0.4 is 5.32 Å². The van der Waals surface area contributed by atoms with Crippen LogP contribution in [0, 0.1) is 0 Å². The van der Waals surface area contributed by atoms with E-state index in [9.17, 15) is 9.59 Å². The summed E-state index contributed by atoms with van der Waals surface area (Å²) in [4.78, 5) is 23.5. The average molecular weight is 259 g/mol. The van der Waals surface area contributed by atoms with Gasteiger partial charge in [0.1, 0.15) is 0 Å². The Labute approximate surface area is 105 Å². The lowest BCUT2D eigenvalue weighted by molar-refractivity contribution is -0.222. The molecule has 96 valence electrons. The van der Waals surface area contributed by atoms with E-state index in [0.717, 1.165) is 6.42 Å². The summed E-state index contributed by atoms with van der Waals surface area (Å²) in [6.45, 7) is 5.73. The molecule has 0 unspecified atom stereocenters. The van der Waals surface area contributed by atoms with Gasteiger partial charge >= 0.3 is 11.9 Å². The zero-order chi connectivity index (χ0) is 13.1. The summed E-state index contributed by atoms with van der Waals surface area (Å²) in [6, 6.07) is 0. The van der Waals surface area contributed by atoms with Gasteiger partial charge < -0.3 is 14.8 Å². The lowest BCUT2D eigenvalue weighted by Gasteiger charge is -2.30. The molecule has 0 atom stereocenters. The molecule has 1 fully saturated rings. The Morgan fingerprint density at radius 1 is 1.29 bits per heavy atom. The summed E-state index contributed by atoms with van der Waals surface area (Å²) in [6.07, 6.45) is 2.68. The van der Waals surface area contributed by atoms with Gasteiger partial charge in [-0.05, 0) is 12.7 Å². The van der Waals surface area contributed by atoms with Gasteiger partial charge in [-0.2, -0.15) is 0 Å². The second-order valence-corrected chi connectivity index (χ2v) is 4.83. The molecule has 0 bridgehead atoms. The van der Waals surface area contributed by atoms with Gasteiger partial charge in [0.15, 0.2) is 5.57 Å². The van der Waals surface area contributed by atoms with Crippen molar-refractivity contribution in [3.05, 3.63) is 10.6 Å². The van der Waals surface area contributed by atoms with Crippen LogP contribution in [-0.4, -0.2) is 30.5 Å². The fraction of sp³-hybridized carbons (Fsp3) is 0.636. The maximum Gasteiger partial charge on any atom is 0.351 e. The van der Waals surface area contributed by atoms with Crippen molar-refractivity contribution in [2.75, 3.05) is 12.8 Å². The van der Waals surface area contributed by atoms with Crippen LogP contribution in [0.25, 0.3) is 0 Å². The highest BCUT2D eigenvalue weighted by atomic mass is 32.2. The molecule has 0 aromatic carbocycles.